The molecular weight excluding hydrogens is 271 g/mol. The predicted octanol–water partition coefficient (Wildman–Crippen LogP) is 5.00. The summed E-state index contributed by atoms with van der Waals surface area (Å²) < 4.78 is 12.9. The molecule has 20 heavy (non-hydrogen) atoms. The number of nitrogens with zero attached hydrogens (tertiary/aromatic N) is 1. The molecular formula is C16H13FN2S. The van der Waals surface area contributed by atoms with Crippen molar-refractivity contribution in [1.82, 2.24) is 4.98 Å². The monoisotopic (exact) mass is 284 g/mol. The highest BCUT2D eigenvalue weighted by molar-refractivity contribution is 7.19. The van der Waals surface area contributed by atoms with Crippen LogP contribution in [-0.2, 0) is 0 Å². The molecule has 1 aromatic heterocycles. The molecule has 0 atom stereocenters. The Hall–Kier alpha value is -2.20. The topological polar surface area (TPSA) is 24.9 Å². The largest absolute Gasteiger partial charge is 0.332 e. The fourth-order valence-corrected chi connectivity index (χ4v) is 2.96. The normalized spacial score (nSPS) is 10.5. The van der Waals surface area contributed by atoms with Crippen molar-refractivity contribution in [3.8, 4) is 10.4 Å². The molecule has 1 heterocycles. The fraction of sp³-hybridized carbons (Fsp3) is 0.0625. The van der Waals surface area contributed by atoms with Crippen molar-refractivity contribution in [2.75, 3.05) is 5.32 Å². The average Bonchev–Trinajstić information content (AvgIpc) is 2.83. The molecule has 3 rings (SSSR count). The molecule has 0 radical (unpaired) electrons. The number of thiazole rings is 1. The number of hydrogen-bond donors (Lipinski definition) is 1. The molecule has 0 aliphatic heterocycles. The summed E-state index contributed by atoms with van der Waals surface area (Å²) in [6.45, 7) is 1.99. The summed E-state index contributed by atoms with van der Waals surface area (Å²) in [5.41, 5.74) is 2.99. The van der Waals surface area contributed by atoms with Gasteiger partial charge < -0.3 is 5.32 Å². The molecule has 0 aliphatic carbocycles. The Kier molecular flexibility index (Phi) is 3.48. The van der Waals surface area contributed by atoms with Crippen molar-refractivity contribution in [3.63, 3.8) is 0 Å². The minimum atomic E-state index is -0.240. The molecule has 3 aromatic rings. The van der Waals surface area contributed by atoms with Crippen LogP contribution in [0.2, 0.25) is 0 Å². The molecule has 0 fully saturated rings. The lowest BCUT2D eigenvalue weighted by atomic mass is 10.2. The minimum absolute atomic E-state index is 0.240. The maximum Gasteiger partial charge on any atom is 0.187 e. The fourth-order valence-electron chi connectivity index (χ4n) is 1.96. The third kappa shape index (κ3) is 2.70. The van der Waals surface area contributed by atoms with Gasteiger partial charge in [-0.15, -0.1) is 0 Å². The lowest BCUT2D eigenvalue weighted by Crippen LogP contribution is -1.89. The molecule has 2 nitrogen and oxygen atoms in total. The number of aromatic nitrogens is 1. The Bertz CT molecular complexity index is 705. The van der Waals surface area contributed by atoms with Crippen LogP contribution in [-0.4, -0.2) is 4.98 Å². The van der Waals surface area contributed by atoms with E-state index < -0.39 is 0 Å². The molecule has 100 valence electrons. The van der Waals surface area contributed by atoms with Gasteiger partial charge in [0.15, 0.2) is 5.13 Å². The molecule has 0 amide bonds. The third-order valence-corrected chi connectivity index (χ3v) is 4.05. The molecule has 0 bridgehead atoms. The van der Waals surface area contributed by atoms with E-state index >= 15 is 0 Å². The minimum Gasteiger partial charge on any atom is -0.332 e. The van der Waals surface area contributed by atoms with Gasteiger partial charge in [-0.25, -0.2) is 9.37 Å². The van der Waals surface area contributed by atoms with Crippen molar-refractivity contribution >= 4 is 22.2 Å². The highest BCUT2D eigenvalue weighted by Crippen LogP contribution is 2.33. The Balaban J connectivity index is 1.87. The number of anilines is 2. The molecule has 2 aromatic carbocycles. The summed E-state index contributed by atoms with van der Waals surface area (Å²) >= 11 is 1.60. The average molecular weight is 284 g/mol. The predicted molar refractivity (Wildman–Crippen MR) is 82.0 cm³/mol. The van der Waals surface area contributed by atoms with Crippen LogP contribution in [0.5, 0.6) is 0 Å². The lowest BCUT2D eigenvalue weighted by molar-refractivity contribution is 0.628. The third-order valence-electron chi connectivity index (χ3n) is 2.93. The molecule has 0 spiro atoms. The summed E-state index contributed by atoms with van der Waals surface area (Å²) in [6, 6.07) is 16.4. The number of benzene rings is 2. The van der Waals surface area contributed by atoms with Gasteiger partial charge in [0.05, 0.1) is 10.6 Å². The van der Waals surface area contributed by atoms with E-state index in [-0.39, 0.29) is 5.82 Å². The van der Waals surface area contributed by atoms with Gasteiger partial charge in [0, 0.05) is 5.69 Å². The standard InChI is InChI=1S/C16H13FN2S/c1-11-15(12-5-3-2-4-6-12)20-16(18-11)19-14-9-7-13(17)8-10-14/h2-10H,1H3,(H,18,19). The van der Waals surface area contributed by atoms with E-state index in [1.807, 2.05) is 25.1 Å². The van der Waals surface area contributed by atoms with Crippen LogP contribution in [0.25, 0.3) is 10.4 Å². The van der Waals surface area contributed by atoms with E-state index in [9.17, 15) is 4.39 Å². The zero-order valence-electron chi connectivity index (χ0n) is 10.9. The smallest absolute Gasteiger partial charge is 0.187 e. The quantitative estimate of drug-likeness (QED) is 0.732. The van der Waals surface area contributed by atoms with E-state index in [2.05, 4.69) is 22.4 Å². The first kappa shape index (κ1) is 12.8. The first-order valence-electron chi connectivity index (χ1n) is 6.28. The van der Waals surface area contributed by atoms with E-state index in [1.165, 1.54) is 12.1 Å². The van der Waals surface area contributed by atoms with Crippen molar-refractivity contribution in [2.24, 2.45) is 0 Å². The maximum absolute atomic E-state index is 12.9. The van der Waals surface area contributed by atoms with Gasteiger partial charge in [0.25, 0.3) is 0 Å². The van der Waals surface area contributed by atoms with Crippen LogP contribution in [0.4, 0.5) is 15.2 Å². The molecule has 1 N–H and O–H groups in total. The first-order chi connectivity index (χ1) is 9.72. The van der Waals surface area contributed by atoms with Crippen LogP contribution in [0.3, 0.4) is 0 Å². The Morgan fingerprint density at radius 1 is 1.00 bits per heavy atom. The van der Waals surface area contributed by atoms with Gasteiger partial charge in [0.2, 0.25) is 0 Å². The van der Waals surface area contributed by atoms with Gasteiger partial charge in [-0.2, -0.15) is 0 Å². The van der Waals surface area contributed by atoms with Gasteiger partial charge in [-0.05, 0) is 36.8 Å². The van der Waals surface area contributed by atoms with Crippen LogP contribution in [0, 0.1) is 12.7 Å². The van der Waals surface area contributed by atoms with E-state index in [1.54, 1.807) is 23.5 Å². The molecule has 0 saturated heterocycles. The van der Waals surface area contributed by atoms with Crippen LogP contribution in [0.1, 0.15) is 5.69 Å². The summed E-state index contributed by atoms with van der Waals surface area (Å²) in [5.74, 6) is -0.240. The van der Waals surface area contributed by atoms with Crippen molar-refractivity contribution in [1.29, 1.82) is 0 Å². The molecule has 0 saturated carbocycles. The Morgan fingerprint density at radius 2 is 1.70 bits per heavy atom. The summed E-state index contributed by atoms with van der Waals surface area (Å²) in [5, 5.41) is 4.02. The number of aryl methyl sites for hydroxylation is 1. The SMILES string of the molecule is Cc1nc(Nc2ccc(F)cc2)sc1-c1ccccc1. The summed E-state index contributed by atoms with van der Waals surface area (Å²) in [4.78, 5) is 5.67. The summed E-state index contributed by atoms with van der Waals surface area (Å²) in [6.07, 6.45) is 0. The zero-order chi connectivity index (χ0) is 13.9. The first-order valence-corrected chi connectivity index (χ1v) is 7.09. The second kappa shape index (κ2) is 5.43. The number of hydrogen-bond acceptors (Lipinski definition) is 3. The van der Waals surface area contributed by atoms with Crippen molar-refractivity contribution < 1.29 is 4.39 Å². The highest BCUT2D eigenvalue weighted by Gasteiger charge is 2.09. The molecule has 0 aliphatic rings. The van der Waals surface area contributed by atoms with E-state index in [4.69, 9.17) is 0 Å². The number of rotatable bonds is 3. The van der Waals surface area contributed by atoms with Crippen molar-refractivity contribution in [2.45, 2.75) is 6.92 Å². The zero-order valence-corrected chi connectivity index (χ0v) is 11.7. The Morgan fingerprint density at radius 3 is 2.40 bits per heavy atom. The lowest BCUT2D eigenvalue weighted by Gasteiger charge is -2.01. The Labute approximate surface area is 120 Å². The highest BCUT2D eigenvalue weighted by atomic mass is 32.1. The maximum atomic E-state index is 12.9. The number of halogens is 1. The van der Waals surface area contributed by atoms with Gasteiger partial charge >= 0.3 is 0 Å². The van der Waals surface area contributed by atoms with Crippen LogP contribution in [0.15, 0.2) is 54.6 Å². The molecule has 4 heteroatoms. The number of nitrogens with one attached hydrogen (secondary N) is 1. The second-order valence-corrected chi connectivity index (χ2v) is 5.43. The summed E-state index contributed by atoms with van der Waals surface area (Å²) in [7, 11) is 0. The van der Waals surface area contributed by atoms with Gasteiger partial charge in [-0.3, -0.25) is 0 Å². The molecule has 0 unspecified atom stereocenters. The van der Waals surface area contributed by atoms with E-state index in [0.29, 0.717) is 0 Å². The van der Waals surface area contributed by atoms with Gasteiger partial charge in [-0.1, -0.05) is 41.7 Å². The second-order valence-electron chi connectivity index (χ2n) is 4.43. The van der Waals surface area contributed by atoms with Crippen LogP contribution < -0.4 is 5.32 Å². The van der Waals surface area contributed by atoms with Crippen molar-refractivity contribution in [3.05, 3.63) is 66.1 Å². The van der Waals surface area contributed by atoms with Gasteiger partial charge in [0.1, 0.15) is 5.82 Å². The van der Waals surface area contributed by atoms with Crippen LogP contribution >= 0.6 is 11.3 Å². The van der Waals surface area contributed by atoms with E-state index in [0.717, 1.165) is 27.0 Å².